The number of carbonyl (C=O) groups excluding carboxylic acids is 1. The fourth-order valence-electron chi connectivity index (χ4n) is 5.54. The van der Waals surface area contributed by atoms with Crippen molar-refractivity contribution >= 4 is 34.3 Å². The molecular weight excluding hydrogens is 456 g/mol. The predicted octanol–water partition coefficient (Wildman–Crippen LogP) is 3.84. The summed E-state index contributed by atoms with van der Waals surface area (Å²) in [5, 5.41) is 7.66. The van der Waals surface area contributed by atoms with Crippen LogP contribution < -0.4 is 20.3 Å². The number of benzene rings is 2. The molecule has 2 fully saturated rings. The molecule has 0 saturated carbocycles. The van der Waals surface area contributed by atoms with Crippen LogP contribution in [0.2, 0.25) is 0 Å². The van der Waals surface area contributed by atoms with Gasteiger partial charge in [0.25, 0.3) is 0 Å². The largest absolute Gasteiger partial charge is 0.495 e. The predicted molar refractivity (Wildman–Crippen MR) is 139 cm³/mol. The van der Waals surface area contributed by atoms with Crippen molar-refractivity contribution in [3.8, 4) is 5.75 Å². The van der Waals surface area contributed by atoms with Crippen LogP contribution in [0.1, 0.15) is 30.4 Å². The Morgan fingerprint density at radius 1 is 1.17 bits per heavy atom. The van der Waals surface area contributed by atoms with Gasteiger partial charge < -0.3 is 25.0 Å². The Bertz CT molecular complexity index is 1300. The first-order chi connectivity index (χ1) is 17.5. The number of methoxy groups -OCH3 is 1. The van der Waals surface area contributed by atoms with Gasteiger partial charge in [0.15, 0.2) is 0 Å². The third kappa shape index (κ3) is 4.33. The first kappa shape index (κ1) is 23.0. The van der Waals surface area contributed by atoms with Crippen molar-refractivity contribution in [3.63, 3.8) is 0 Å². The van der Waals surface area contributed by atoms with Gasteiger partial charge >= 0.3 is 6.09 Å². The summed E-state index contributed by atoms with van der Waals surface area (Å²) in [5.41, 5.74) is 4.59. The Labute approximate surface area is 210 Å². The van der Waals surface area contributed by atoms with Crippen molar-refractivity contribution in [3.05, 3.63) is 47.7 Å². The standard InChI is InChI=1S/C27H32N6O3/c1-32-11-6-18-13-24(35-2)23(12-20(18)16-32)31-25-29-15-19-4-5-21(14-22(19)30-25)33-17-27(36-26(33)34)7-3-9-28-10-8-27/h4-5,12-15,28H,3,6-11,16-17H2,1-2H3,(H,29,30,31)/t27-/m0/s1. The molecule has 1 amide bonds. The molecule has 188 valence electrons. The van der Waals surface area contributed by atoms with Crippen LogP contribution in [0, 0.1) is 0 Å². The van der Waals surface area contributed by atoms with Gasteiger partial charge in [0.1, 0.15) is 11.4 Å². The van der Waals surface area contributed by atoms with Crippen molar-refractivity contribution in [2.75, 3.05) is 50.6 Å². The maximum Gasteiger partial charge on any atom is 0.415 e. The molecular formula is C27H32N6O3. The summed E-state index contributed by atoms with van der Waals surface area (Å²) < 4.78 is 11.6. The number of hydrogen-bond donors (Lipinski definition) is 2. The van der Waals surface area contributed by atoms with Gasteiger partial charge in [-0.3, -0.25) is 4.90 Å². The van der Waals surface area contributed by atoms with Crippen LogP contribution in [0.25, 0.3) is 10.9 Å². The highest BCUT2D eigenvalue weighted by molar-refractivity contribution is 5.93. The molecule has 36 heavy (non-hydrogen) atoms. The molecule has 3 aromatic rings. The number of carbonyl (C=O) groups is 1. The summed E-state index contributed by atoms with van der Waals surface area (Å²) in [6.07, 6.45) is 5.24. The van der Waals surface area contributed by atoms with E-state index in [1.54, 1.807) is 18.2 Å². The molecule has 1 aromatic heterocycles. The number of nitrogens with zero attached hydrogens (tertiary/aromatic N) is 4. The summed E-state index contributed by atoms with van der Waals surface area (Å²) in [5.74, 6) is 1.26. The van der Waals surface area contributed by atoms with Gasteiger partial charge in [-0.15, -0.1) is 0 Å². The highest BCUT2D eigenvalue weighted by Crippen LogP contribution is 2.36. The molecule has 3 aliphatic heterocycles. The zero-order valence-corrected chi connectivity index (χ0v) is 20.8. The summed E-state index contributed by atoms with van der Waals surface area (Å²) in [4.78, 5) is 26.2. The van der Waals surface area contributed by atoms with E-state index in [2.05, 4.69) is 39.7 Å². The molecule has 0 bridgehead atoms. The second kappa shape index (κ2) is 9.22. The third-order valence-electron chi connectivity index (χ3n) is 7.56. The smallest absolute Gasteiger partial charge is 0.415 e. The number of anilines is 3. The van der Waals surface area contributed by atoms with Gasteiger partial charge in [-0.25, -0.2) is 14.8 Å². The number of ether oxygens (including phenoxy) is 2. The third-order valence-corrected chi connectivity index (χ3v) is 7.56. The minimum Gasteiger partial charge on any atom is -0.495 e. The average Bonchev–Trinajstić information content (AvgIpc) is 3.04. The SMILES string of the molecule is COc1cc2c(cc1Nc1ncc3ccc(N4C[C@@]5(CCCNCC5)OC4=O)cc3n1)CN(C)CC2. The van der Waals surface area contributed by atoms with Gasteiger partial charge in [-0.1, -0.05) is 0 Å². The van der Waals surface area contributed by atoms with Crippen LogP contribution in [0.3, 0.4) is 0 Å². The van der Waals surface area contributed by atoms with Crippen LogP contribution in [0.15, 0.2) is 36.5 Å². The van der Waals surface area contributed by atoms with Gasteiger partial charge in [-0.2, -0.15) is 0 Å². The fraction of sp³-hybridized carbons (Fsp3) is 0.444. The molecule has 0 radical (unpaired) electrons. The molecule has 0 aliphatic carbocycles. The van der Waals surface area contributed by atoms with E-state index in [9.17, 15) is 4.79 Å². The number of nitrogens with one attached hydrogen (secondary N) is 2. The molecule has 2 saturated heterocycles. The average molecular weight is 489 g/mol. The molecule has 3 aliphatic rings. The number of aromatic nitrogens is 2. The first-order valence-corrected chi connectivity index (χ1v) is 12.7. The summed E-state index contributed by atoms with van der Waals surface area (Å²) in [7, 11) is 3.82. The van der Waals surface area contributed by atoms with Crippen molar-refractivity contribution in [2.45, 2.75) is 37.8 Å². The summed E-state index contributed by atoms with van der Waals surface area (Å²) in [6.45, 7) is 4.34. The number of rotatable bonds is 4. The summed E-state index contributed by atoms with van der Waals surface area (Å²) >= 11 is 0. The Morgan fingerprint density at radius 3 is 2.97 bits per heavy atom. The molecule has 9 heteroatoms. The fourth-order valence-corrected chi connectivity index (χ4v) is 5.54. The molecule has 4 heterocycles. The second-order valence-electron chi connectivity index (χ2n) is 10.1. The van der Waals surface area contributed by atoms with E-state index in [-0.39, 0.29) is 6.09 Å². The van der Waals surface area contributed by atoms with Crippen molar-refractivity contribution in [2.24, 2.45) is 0 Å². The zero-order valence-electron chi connectivity index (χ0n) is 20.8. The van der Waals surface area contributed by atoms with Crippen molar-refractivity contribution in [1.29, 1.82) is 0 Å². The van der Waals surface area contributed by atoms with Gasteiger partial charge in [0, 0.05) is 36.8 Å². The molecule has 9 nitrogen and oxygen atoms in total. The number of amides is 1. The van der Waals surface area contributed by atoms with Crippen molar-refractivity contribution < 1.29 is 14.3 Å². The van der Waals surface area contributed by atoms with Gasteiger partial charge in [-0.05, 0) is 80.9 Å². The second-order valence-corrected chi connectivity index (χ2v) is 10.1. The molecule has 0 unspecified atom stereocenters. The van der Waals surface area contributed by atoms with Crippen molar-refractivity contribution in [1.82, 2.24) is 20.2 Å². The molecule has 1 atom stereocenters. The Balaban J connectivity index is 1.28. The van der Waals surface area contributed by atoms with Crippen LogP contribution in [-0.2, 0) is 17.7 Å². The van der Waals surface area contributed by atoms with E-state index >= 15 is 0 Å². The van der Waals surface area contributed by atoms with Gasteiger partial charge in [0.2, 0.25) is 5.95 Å². The minimum atomic E-state index is -0.412. The highest BCUT2D eigenvalue weighted by Gasteiger charge is 2.45. The van der Waals surface area contributed by atoms with E-state index < -0.39 is 5.60 Å². The minimum absolute atomic E-state index is 0.285. The number of hydrogen-bond acceptors (Lipinski definition) is 8. The lowest BCUT2D eigenvalue weighted by Gasteiger charge is -2.26. The molecule has 2 N–H and O–H groups in total. The molecule has 6 rings (SSSR count). The topological polar surface area (TPSA) is 91.8 Å². The quantitative estimate of drug-likeness (QED) is 0.573. The monoisotopic (exact) mass is 488 g/mol. The Morgan fingerprint density at radius 2 is 2.08 bits per heavy atom. The first-order valence-electron chi connectivity index (χ1n) is 12.7. The van der Waals surface area contributed by atoms with Crippen LogP contribution in [-0.4, -0.2) is 66.9 Å². The lowest BCUT2D eigenvalue weighted by molar-refractivity contribution is 0.0470. The van der Waals surface area contributed by atoms with E-state index in [1.807, 2.05) is 18.2 Å². The lowest BCUT2D eigenvalue weighted by atomic mass is 9.95. The van der Waals surface area contributed by atoms with Crippen LogP contribution >= 0.6 is 0 Å². The Hall–Kier alpha value is -3.43. The normalized spacial score (nSPS) is 22.4. The van der Waals surface area contributed by atoms with E-state index in [4.69, 9.17) is 14.5 Å². The Kier molecular flexibility index (Phi) is 5.89. The summed E-state index contributed by atoms with van der Waals surface area (Å²) in [6, 6.07) is 10.1. The van der Waals surface area contributed by atoms with Gasteiger partial charge in [0.05, 0.1) is 24.9 Å². The molecule has 2 aromatic carbocycles. The zero-order chi connectivity index (χ0) is 24.7. The van der Waals surface area contributed by atoms with E-state index in [0.717, 1.165) is 79.9 Å². The van der Waals surface area contributed by atoms with Crippen LogP contribution in [0.5, 0.6) is 5.75 Å². The maximum absolute atomic E-state index is 12.8. The maximum atomic E-state index is 12.8. The molecule has 1 spiro atoms. The lowest BCUT2D eigenvalue weighted by Crippen LogP contribution is -2.35. The highest BCUT2D eigenvalue weighted by atomic mass is 16.6. The number of fused-ring (bicyclic) bond motifs is 2. The number of likely N-dealkylation sites (N-methyl/N-ethyl adjacent to an activating group) is 1. The van der Waals surface area contributed by atoms with Crippen LogP contribution in [0.4, 0.5) is 22.1 Å². The van der Waals surface area contributed by atoms with E-state index in [0.29, 0.717) is 12.5 Å². The van der Waals surface area contributed by atoms with E-state index in [1.165, 1.54) is 11.1 Å².